The first-order valence-corrected chi connectivity index (χ1v) is 10.6. The van der Waals surface area contributed by atoms with E-state index in [1.807, 2.05) is 0 Å². The fourth-order valence-electron chi connectivity index (χ4n) is 2.88. The minimum absolute atomic E-state index is 0.0596. The summed E-state index contributed by atoms with van der Waals surface area (Å²) in [7, 11) is 0. The minimum Gasteiger partial charge on any atom is -0.454 e. The molecule has 13 heteroatoms. The number of hydrogen-bond acceptors (Lipinski definition) is 6. The fourth-order valence-corrected chi connectivity index (χ4v) is 3.85. The monoisotopic (exact) mass is 538 g/mol. The van der Waals surface area contributed by atoms with Crippen molar-refractivity contribution in [3.05, 3.63) is 90.5 Å². The topological polar surface area (TPSA) is 121 Å². The SMILES string of the molecule is O=C(Nc1ccn(Cc2c(Cl)cccc2Cl)n1)c1ccc(Cn2cc(Br)c([N+](=O)[O-])n2)o1. The third-order valence-corrected chi connectivity index (χ3v) is 5.61. The van der Waals surface area contributed by atoms with E-state index in [-0.39, 0.29) is 22.6 Å². The van der Waals surface area contributed by atoms with Gasteiger partial charge in [-0.15, -0.1) is 0 Å². The lowest BCUT2D eigenvalue weighted by Gasteiger charge is -2.06. The van der Waals surface area contributed by atoms with Gasteiger partial charge in [0.1, 0.15) is 16.8 Å². The van der Waals surface area contributed by atoms with E-state index in [1.165, 1.54) is 16.9 Å². The number of nitrogens with zero attached hydrogens (tertiary/aromatic N) is 5. The fraction of sp³-hybridized carbons (Fsp3) is 0.105. The quantitative estimate of drug-likeness (QED) is 0.260. The number of carbonyl (C=O) groups is 1. The molecule has 0 radical (unpaired) electrons. The summed E-state index contributed by atoms with van der Waals surface area (Å²) in [4.78, 5) is 22.8. The van der Waals surface area contributed by atoms with Gasteiger partial charge in [0.15, 0.2) is 11.6 Å². The molecule has 3 heterocycles. The van der Waals surface area contributed by atoms with Crippen LogP contribution in [0.25, 0.3) is 0 Å². The van der Waals surface area contributed by atoms with Gasteiger partial charge in [-0.3, -0.25) is 9.48 Å². The van der Waals surface area contributed by atoms with Crippen molar-refractivity contribution in [3.63, 3.8) is 0 Å². The van der Waals surface area contributed by atoms with Crippen molar-refractivity contribution in [3.8, 4) is 0 Å². The number of nitro groups is 1. The molecule has 0 saturated carbocycles. The zero-order valence-electron chi connectivity index (χ0n) is 16.0. The average molecular weight is 540 g/mol. The Morgan fingerprint density at radius 2 is 1.88 bits per heavy atom. The van der Waals surface area contributed by atoms with Gasteiger partial charge in [-0.2, -0.15) is 9.78 Å². The molecule has 0 aliphatic rings. The van der Waals surface area contributed by atoms with Crippen LogP contribution in [0.4, 0.5) is 11.6 Å². The lowest BCUT2D eigenvalue weighted by atomic mass is 10.2. The third-order valence-electron chi connectivity index (χ3n) is 4.34. The molecule has 4 aromatic rings. The van der Waals surface area contributed by atoms with Crippen LogP contribution in [-0.4, -0.2) is 30.4 Å². The van der Waals surface area contributed by atoms with Gasteiger partial charge in [0.2, 0.25) is 0 Å². The van der Waals surface area contributed by atoms with E-state index in [0.29, 0.717) is 28.2 Å². The van der Waals surface area contributed by atoms with E-state index >= 15 is 0 Å². The molecule has 0 atom stereocenters. The number of furan rings is 1. The predicted molar refractivity (Wildman–Crippen MR) is 120 cm³/mol. The smallest absolute Gasteiger partial charge is 0.404 e. The molecule has 0 saturated heterocycles. The van der Waals surface area contributed by atoms with E-state index in [2.05, 4.69) is 31.4 Å². The summed E-state index contributed by atoms with van der Waals surface area (Å²) in [6, 6.07) is 9.96. The summed E-state index contributed by atoms with van der Waals surface area (Å²) < 4.78 is 8.72. The van der Waals surface area contributed by atoms with E-state index in [0.717, 1.165) is 5.56 Å². The van der Waals surface area contributed by atoms with Crippen molar-refractivity contribution in [2.24, 2.45) is 0 Å². The summed E-state index contributed by atoms with van der Waals surface area (Å²) in [6.07, 6.45) is 3.14. The van der Waals surface area contributed by atoms with Crippen LogP contribution >= 0.6 is 39.1 Å². The van der Waals surface area contributed by atoms with Gasteiger partial charge in [0.25, 0.3) is 5.91 Å². The first-order chi connectivity index (χ1) is 15.3. The van der Waals surface area contributed by atoms with Crippen molar-refractivity contribution in [1.29, 1.82) is 0 Å². The first kappa shape index (κ1) is 22.1. The summed E-state index contributed by atoms with van der Waals surface area (Å²) in [6.45, 7) is 0.456. The Hall–Kier alpha value is -3.15. The van der Waals surface area contributed by atoms with Gasteiger partial charge in [0, 0.05) is 27.9 Å². The van der Waals surface area contributed by atoms with E-state index < -0.39 is 10.8 Å². The number of aromatic nitrogens is 4. The Labute approximate surface area is 199 Å². The second-order valence-corrected chi connectivity index (χ2v) is 8.24. The van der Waals surface area contributed by atoms with Crippen LogP contribution < -0.4 is 5.32 Å². The molecule has 0 aliphatic heterocycles. The Balaban J connectivity index is 1.40. The molecule has 164 valence electrons. The van der Waals surface area contributed by atoms with Gasteiger partial charge < -0.3 is 19.8 Å². The molecule has 10 nitrogen and oxygen atoms in total. The maximum absolute atomic E-state index is 12.5. The first-order valence-electron chi connectivity index (χ1n) is 9.04. The van der Waals surface area contributed by atoms with Crippen molar-refractivity contribution in [2.75, 3.05) is 5.32 Å². The molecule has 0 aliphatic carbocycles. The molecule has 32 heavy (non-hydrogen) atoms. The standard InChI is InChI=1S/C19H13BrCl2N6O4/c20-13-10-27(25-18(13)28(30)31)8-11-4-5-16(32-11)19(29)23-17-6-7-26(24-17)9-12-14(21)2-1-3-15(12)22/h1-7,10H,8-9H2,(H,23,24,29). The number of hydrogen-bond donors (Lipinski definition) is 1. The molecule has 1 aromatic carbocycles. The molecule has 1 N–H and O–H groups in total. The maximum Gasteiger partial charge on any atom is 0.404 e. The van der Waals surface area contributed by atoms with Crippen LogP contribution in [0.15, 0.2) is 57.7 Å². The van der Waals surface area contributed by atoms with Gasteiger partial charge in [-0.1, -0.05) is 29.3 Å². The maximum atomic E-state index is 12.5. The summed E-state index contributed by atoms with van der Waals surface area (Å²) in [5, 5.41) is 22.7. The predicted octanol–water partition coefficient (Wildman–Crippen LogP) is 5.00. The third kappa shape index (κ3) is 4.85. The molecule has 0 bridgehead atoms. The summed E-state index contributed by atoms with van der Waals surface area (Å²) >= 11 is 15.5. The molecule has 0 spiro atoms. The van der Waals surface area contributed by atoms with Crippen molar-refractivity contribution in [2.45, 2.75) is 13.1 Å². The second-order valence-electron chi connectivity index (χ2n) is 6.57. The highest BCUT2D eigenvalue weighted by Crippen LogP contribution is 2.25. The Bertz CT molecular complexity index is 1290. The molecule has 3 aromatic heterocycles. The number of amides is 1. The number of benzene rings is 1. The van der Waals surface area contributed by atoms with Crippen LogP contribution in [-0.2, 0) is 13.1 Å². The second kappa shape index (κ2) is 9.15. The zero-order chi connectivity index (χ0) is 22.8. The Kier molecular flexibility index (Phi) is 6.31. The number of halogens is 3. The van der Waals surface area contributed by atoms with E-state index in [1.54, 1.807) is 41.2 Å². The number of rotatable bonds is 7. The van der Waals surface area contributed by atoms with E-state index in [4.69, 9.17) is 27.6 Å². The lowest BCUT2D eigenvalue weighted by Crippen LogP contribution is -2.12. The molecule has 1 amide bonds. The normalized spacial score (nSPS) is 11.0. The van der Waals surface area contributed by atoms with Gasteiger partial charge >= 0.3 is 5.82 Å². The van der Waals surface area contributed by atoms with Crippen LogP contribution in [0.2, 0.25) is 10.0 Å². The Morgan fingerprint density at radius 1 is 1.12 bits per heavy atom. The van der Waals surface area contributed by atoms with Crippen LogP contribution in [0.1, 0.15) is 21.9 Å². The molecular weight excluding hydrogens is 527 g/mol. The van der Waals surface area contributed by atoms with E-state index in [9.17, 15) is 14.9 Å². The highest BCUT2D eigenvalue weighted by Gasteiger charge is 2.20. The van der Waals surface area contributed by atoms with Crippen molar-refractivity contribution in [1.82, 2.24) is 19.6 Å². The largest absolute Gasteiger partial charge is 0.454 e. The van der Waals surface area contributed by atoms with Crippen LogP contribution in [0, 0.1) is 10.1 Å². The van der Waals surface area contributed by atoms with Gasteiger partial charge in [-0.25, -0.2) is 0 Å². The van der Waals surface area contributed by atoms with Gasteiger partial charge in [-0.05, 0) is 45.1 Å². The lowest BCUT2D eigenvalue weighted by molar-refractivity contribution is -0.390. The zero-order valence-corrected chi connectivity index (χ0v) is 19.1. The highest BCUT2D eigenvalue weighted by molar-refractivity contribution is 9.10. The molecule has 4 rings (SSSR count). The van der Waals surface area contributed by atoms with Crippen LogP contribution in [0.3, 0.4) is 0 Å². The molecule has 0 fully saturated rings. The van der Waals surface area contributed by atoms with Crippen molar-refractivity contribution < 1.29 is 14.1 Å². The Morgan fingerprint density at radius 3 is 2.56 bits per heavy atom. The number of anilines is 1. The summed E-state index contributed by atoms with van der Waals surface area (Å²) in [5.74, 6) is -0.0146. The highest BCUT2D eigenvalue weighted by atomic mass is 79.9. The molecular formula is C19H13BrCl2N6O4. The van der Waals surface area contributed by atoms with Gasteiger partial charge in [0.05, 0.1) is 17.8 Å². The molecule has 0 unspecified atom stereocenters. The van der Waals surface area contributed by atoms with Crippen LogP contribution in [0.5, 0.6) is 0 Å². The minimum atomic E-state index is -0.597. The number of nitrogens with one attached hydrogen (secondary N) is 1. The van der Waals surface area contributed by atoms with Crippen molar-refractivity contribution >= 4 is 56.7 Å². The average Bonchev–Trinajstić information content (AvgIpc) is 3.46. The number of carbonyl (C=O) groups excluding carboxylic acids is 1. The summed E-state index contributed by atoms with van der Waals surface area (Å²) in [5.41, 5.74) is 0.720.